The molecule has 0 aliphatic carbocycles. The van der Waals surface area contributed by atoms with Crippen LogP contribution in [0.4, 0.5) is 4.39 Å². The fourth-order valence-corrected chi connectivity index (χ4v) is 2.05. The van der Waals surface area contributed by atoms with Crippen LogP contribution in [0.2, 0.25) is 0 Å². The number of carboxylic acids is 1. The van der Waals surface area contributed by atoms with Crippen molar-refractivity contribution < 1.29 is 24.1 Å². The van der Waals surface area contributed by atoms with Crippen molar-refractivity contribution in [2.45, 2.75) is 18.8 Å². The van der Waals surface area contributed by atoms with Crippen molar-refractivity contribution in [2.24, 2.45) is 0 Å². The average Bonchev–Trinajstić information content (AvgIpc) is 2.67. The molecule has 104 valence electrons. The Kier molecular flexibility index (Phi) is 4.34. The Morgan fingerprint density at radius 1 is 1.37 bits per heavy atom. The lowest BCUT2D eigenvalue weighted by atomic mass is 10.2. The molecule has 1 fully saturated rings. The Labute approximate surface area is 110 Å². The minimum absolute atomic E-state index is 0.235. The lowest BCUT2D eigenvalue weighted by Crippen LogP contribution is -2.21. The third kappa shape index (κ3) is 3.90. The molecule has 0 amide bonds. The first-order valence-corrected chi connectivity index (χ1v) is 6.02. The molecule has 1 heterocycles. The van der Waals surface area contributed by atoms with E-state index in [1.807, 2.05) is 4.90 Å². The van der Waals surface area contributed by atoms with Crippen LogP contribution in [0.3, 0.4) is 0 Å². The molecule has 2 rings (SSSR count). The molecule has 2 N–H and O–H groups in total. The smallest absolute Gasteiger partial charge is 0.341 e. The van der Waals surface area contributed by atoms with E-state index in [1.165, 1.54) is 0 Å². The third-order valence-electron chi connectivity index (χ3n) is 2.99. The maximum absolute atomic E-state index is 13.1. The van der Waals surface area contributed by atoms with Crippen LogP contribution >= 0.6 is 0 Å². The predicted octanol–water partition coefficient (Wildman–Crippen LogP) is 0.665. The monoisotopic (exact) mass is 269 g/mol. The van der Waals surface area contributed by atoms with Gasteiger partial charge in [-0.15, -0.1) is 0 Å². The third-order valence-corrected chi connectivity index (χ3v) is 2.99. The molecule has 1 aliphatic rings. The van der Waals surface area contributed by atoms with Crippen LogP contribution in [0.5, 0.6) is 5.75 Å². The van der Waals surface area contributed by atoms with Gasteiger partial charge in [0.15, 0.2) is 6.61 Å². The van der Waals surface area contributed by atoms with Gasteiger partial charge < -0.3 is 14.9 Å². The van der Waals surface area contributed by atoms with Gasteiger partial charge in [0, 0.05) is 19.6 Å². The van der Waals surface area contributed by atoms with E-state index in [1.54, 1.807) is 24.3 Å². The number of carboxylic acid groups (broad SMARTS) is 1. The highest BCUT2D eigenvalue weighted by molar-refractivity contribution is 5.68. The maximum Gasteiger partial charge on any atom is 0.341 e. The van der Waals surface area contributed by atoms with Gasteiger partial charge in [0.05, 0.1) is 6.10 Å². The highest BCUT2D eigenvalue weighted by atomic mass is 19.1. The number of likely N-dealkylation sites (tertiary alicyclic amines) is 1. The topological polar surface area (TPSA) is 70.0 Å². The zero-order valence-electron chi connectivity index (χ0n) is 10.3. The number of alkyl halides is 1. The molecule has 0 aromatic heterocycles. The lowest BCUT2D eigenvalue weighted by molar-refractivity contribution is -0.139. The Hall–Kier alpha value is -1.66. The molecule has 0 saturated carbocycles. The molecular formula is C13H16FNO4. The summed E-state index contributed by atoms with van der Waals surface area (Å²) in [6, 6.07) is 6.96. The molecule has 0 unspecified atom stereocenters. The van der Waals surface area contributed by atoms with Crippen molar-refractivity contribution in [1.82, 2.24) is 4.90 Å². The highest BCUT2D eigenvalue weighted by Gasteiger charge is 2.30. The molecule has 2 atom stereocenters. The summed E-state index contributed by atoms with van der Waals surface area (Å²) in [5.74, 6) is -0.542. The van der Waals surface area contributed by atoms with Crippen LogP contribution in [-0.4, -0.2) is 53.1 Å². The normalized spacial score (nSPS) is 23.5. The van der Waals surface area contributed by atoms with E-state index in [0.717, 1.165) is 5.56 Å². The van der Waals surface area contributed by atoms with Gasteiger partial charge >= 0.3 is 5.97 Å². The summed E-state index contributed by atoms with van der Waals surface area (Å²) in [5, 5.41) is 17.8. The van der Waals surface area contributed by atoms with E-state index >= 15 is 0 Å². The number of halogens is 1. The fraction of sp³-hybridized carbons (Fsp3) is 0.462. The van der Waals surface area contributed by atoms with Gasteiger partial charge in [0.2, 0.25) is 0 Å². The average molecular weight is 269 g/mol. The second kappa shape index (κ2) is 5.99. The van der Waals surface area contributed by atoms with Gasteiger partial charge in [-0.25, -0.2) is 9.18 Å². The van der Waals surface area contributed by atoms with Crippen LogP contribution in [0.25, 0.3) is 0 Å². The second-order valence-electron chi connectivity index (χ2n) is 4.60. The van der Waals surface area contributed by atoms with Gasteiger partial charge in [0.25, 0.3) is 0 Å². The number of β-amino-alcohol motifs (C(OH)–C–C–N with tert-alkyl or cyclic N) is 1. The van der Waals surface area contributed by atoms with E-state index in [4.69, 9.17) is 9.84 Å². The van der Waals surface area contributed by atoms with Crippen LogP contribution < -0.4 is 4.74 Å². The van der Waals surface area contributed by atoms with Gasteiger partial charge in [-0.2, -0.15) is 0 Å². The molecule has 5 nitrogen and oxygen atoms in total. The zero-order chi connectivity index (χ0) is 13.8. The standard InChI is InChI=1S/C13H16FNO4/c14-11-6-15(7-12(11)16)5-9-1-3-10(4-2-9)19-8-13(17)18/h1-4,11-12,16H,5-8H2,(H,17,18)/t11-,12-/m1/s1. The first-order valence-electron chi connectivity index (χ1n) is 6.02. The van der Waals surface area contributed by atoms with E-state index in [0.29, 0.717) is 18.8 Å². The number of aliphatic carboxylic acids is 1. The fourth-order valence-electron chi connectivity index (χ4n) is 2.05. The summed E-state index contributed by atoms with van der Waals surface area (Å²) in [5.41, 5.74) is 0.962. The van der Waals surface area contributed by atoms with Gasteiger partial charge in [-0.1, -0.05) is 12.1 Å². The van der Waals surface area contributed by atoms with Crippen molar-refractivity contribution >= 4 is 5.97 Å². The van der Waals surface area contributed by atoms with Crippen LogP contribution in [0.1, 0.15) is 5.56 Å². The SMILES string of the molecule is O=C(O)COc1ccc(CN2C[C@@H](O)[C@H](F)C2)cc1. The van der Waals surface area contributed by atoms with Crippen molar-refractivity contribution in [2.75, 3.05) is 19.7 Å². The molecule has 1 aromatic rings. The van der Waals surface area contributed by atoms with Crippen LogP contribution in [-0.2, 0) is 11.3 Å². The Morgan fingerprint density at radius 3 is 2.58 bits per heavy atom. The molecule has 0 bridgehead atoms. The Balaban J connectivity index is 1.87. The number of rotatable bonds is 5. The summed E-state index contributed by atoms with van der Waals surface area (Å²) in [7, 11) is 0. The van der Waals surface area contributed by atoms with Crippen molar-refractivity contribution in [3.05, 3.63) is 29.8 Å². The molecule has 1 saturated heterocycles. The summed E-state index contributed by atoms with van der Waals surface area (Å²) < 4.78 is 18.2. The quantitative estimate of drug-likeness (QED) is 0.822. The van der Waals surface area contributed by atoms with Crippen molar-refractivity contribution in [3.63, 3.8) is 0 Å². The van der Waals surface area contributed by atoms with E-state index in [2.05, 4.69) is 0 Å². The Bertz CT molecular complexity index is 427. The Morgan fingerprint density at radius 2 is 2.05 bits per heavy atom. The van der Waals surface area contributed by atoms with Gasteiger partial charge in [-0.05, 0) is 17.7 Å². The number of benzene rings is 1. The summed E-state index contributed by atoms with van der Waals surface area (Å²) in [4.78, 5) is 12.2. The van der Waals surface area contributed by atoms with E-state index in [-0.39, 0.29) is 13.2 Å². The first kappa shape index (κ1) is 13.8. The molecule has 19 heavy (non-hydrogen) atoms. The number of hydrogen-bond acceptors (Lipinski definition) is 4. The van der Waals surface area contributed by atoms with Crippen molar-refractivity contribution in [1.29, 1.82) is 0 Å². The number of nitrogens with zero attached hydrogens (tertiary/aromatic N) is 1. The minimum atomic E-state index is -1.18. The molecule has 1 aromatic carbocycles. The molecule has 0 spiro atoms. The lowest BCUT2D eigenvalue weighted by Gasteiger charge is -2.14. The largest absolute Gasteiger partial charge is 0.482 e. The molecule has 1 aliphatic heterocycles. The van der Waals surface area contributed by atoms with Gasteiger partial charge in [-0.3, -0.25) is 4.90 Å². The maximum atomic E-state index is 13.1. The number of aliphatic hydroxyl groups is 1. The zero-order valence-corrected chi connectivity index (χ0v) is 10.3. The van der Waals surface area contributed by atoms with E-state index < -0.39 is 18.2 Å². The number of ether oxygens (including phenoxy) is 1. The minimum Gasteiger partial charge on any atom is -0.482 e. The van der Waals surface area contributed by atoms with Crippen molar-refractivity contribution in [3.8, 4) is 5.75 Å². The molecule has 6 heteroatoms. The second-order valence-corrected chi connectivity index (χ2v) is 4.60. The summed E-state index contributed by atoms with van der Waals surface area (Å²) in [6.45, 7) is 0.745. The van der Waals surface area contributed by atoms with Crippen LogP contribution in [0.15, 0.2) is 24.3 Å². The first-order chi connectivity index (χ1) is 9.04. The molecular weight excluding hydrogens is 253 g/mol. The number of hydrogen-bond donors (Lipinski definition) is 2. The van der Waals surface area contributed by atoms with Gasteiger partial charge in [0.1, 0.15) is 11.9 Å². The number of aliphatic hydroxyl groups excluding tert-OH is 1. The molecule has 0 radical (unpaired) electrons. The van der Waals surface area contributed by atoms with Crippen LogP contribution in [0, 0.1) is 0 Å². The number of carbonyl (C=O) groups is 1. The highest BCUT2D eigenvalue weighted by Crippen LogP contribution is 2.18. The summed E-state index contributed by atoms with van der Waals surface area (Å²) in [6.07, 6.45) is -2.09. The van der Waals surface area contributed by atoms with E-state index in [9.17, 15) is 14.3 Å². The predicted molar refractivity (Wildman–Crippen MR) is 65.8 cm³/mol. The summed E-state index contributed by atoms with van der Waals surface area (Å²) >= 11 is 0.